The van der Waals surface area contributed by atoms with Crippen molar-refractivity contribution in [1.29, 1.82) is 0 Å². The molecule has 0 spiro atoms. The molecule has 128 valence electrons. The first kappa shape index (κ1) is 16.1. The second kappa shape index (κ2) is 5.84. The maximum atomic E-state index is 13.1. The summed E-state index contributed by atoms with van der Waals surface area (Å²) in [4.78, 5) is 18.2. The summed E-state index contributed by atoms with van der Waals surface area (Å²) >= 11 is 1.39. The van der Waals surface area contributed by atoms with Gasteiger partial charge in [0.1, 0.15) is 5.82 Å². The number of aliphatic imine (C=N–C) groups is 1. The van der Waals surface area contributed by atoms with Crippen molar-refractivity contribution < 1.29 is 17.6 Å². The monoisotopic (exact) mass is 368 g/mol. The normalized spacial score (nSPS) is 29.9. The second-order valence-electron chi connectivity index (χ2n) is 6.56. The van der Waals surface area contributed by atoms with Crippen LogP contribution in [0.5, 0.6) is 0 Å². The molecule has 1 aromatic carbocycles. The van der Waals surface area contributed by atoms with Crippen LogP contribution in [0.25, 0.3) is 0 Å². The van der Waals surface area contributed by atoms with Crippen LogP contribution in [0.4, 0.5) is 4.39 Å². The summed E-state index contributed by atoms with van der Waals surface area (Å²) in [7, 11) is -3.06. The largest absolute Gasteiger partial charge is 0.342 e. The number of nitrogens with zero attached hydrogens (tertiary/aromatic N) is 2. The predicted octanol–water partition coefficient (Wildman–Crippen LogP) is 1.83. The van der Waals surface area contributed by atoms with Crippen LogP contribution >= 0.6 is 11.8 Å². The van der Waals surface area contributed by atoms with Crippen molar-refractivity contribution in [2.24, 2.45) is 10.9 Å². The van der Waals surface area contributed by atoms with E-state index in [1.54, 1.807) is 12.1 Å². The van der Waals surface area contributed by atoms with E-state index in [0.717, 1.165) is 18.4 Å². The first-order valence-electron chi connectivity index (χ1n) is 7.92. The zero-order chi connectivity index (χ0) is 16.9. The lowest BCUT2D eigenvalue weighted by Crippen LogP contribution is -2.37. The van der Waals surface area contributed by atoms with E-state index < -0.39 is 9.84 Å². The molecule has 0 bridgehead atoms. The molecule has 0 unspecified atom stereocenters. The van der Waals surface area contributed by atoms with Crippen LogP contribution in [0.2, 0.25) is 0 Å². The summed E-state index contributed by atoms with van der Waals surface area (Å²) in [6.45, 7) is 0.431. The molecule has 4 rings (SSSR count). The molecule has 2 atom stereocenters. The molecule has 0 radical (unpaired) electrons. The SMILES string of the molecule is O=C(N=C1S[C@H]2CS(=O)(=O)C[C@H]2N1Cc1ccc(F)cc1)C1CC1. The van der Waals surface area contributed by atoms with Gasteiger partial charge in [0, 0.05) is 17.7 Å². The van der Waals surface area contributed by atoms with Crippen molar-refractivity contribution in [2.45, 2.75) is 30.7 Å². The van der Waals surface area contributed by atoms with E-state index in [-0.39, 0.29) is 40.4 Å². The van der Waals surface area contributed by atoms with Crippen molar-refractivity contribution in [3.05, 3.63) is 35.6 Å². The minimum absolute atomic E-state index is 0.0370. The van der Waals surface area contributed by atoms with E-state index in [1.165, 1.54) is 23.9 Å². The number of hydrogen-bond donors (Lipinski definition) is 0. The number of halogens is 1. The third kappa shape index (κ3) is 3.21. The molecule has 1 saturated carbocycles. The Hall–Kier alpha value is -1.41. The van der Waals surface area contributed by atoms with Gasteiger partial charge in [-0.1, -0.05) is 23.9 Å². The topological polar surface area (TPSA) is 66.8 Å². The Balaban J connectivity index is 1.61. The number of benzene rings is 1. The molecule has 1 amide bonds. The Morgan fingerprint density at radius 1 is 1.25 bits per heavy atom. The lowest BCUT2D eigenvalue weighted by Gasteiger charge is -2.24. The lowest BCUT2D eigenvalue weighted by atomic mass is 10.1. The van der Waals surface area contributed by atoms with Crippen LogP contribution in [0.1, 0.15) is 18.4 Å². The molecule has 2 saturated heterocycles. The predicted molar refractivity (Wildman–Crippen MR) is 90.9 cm³/mol. The van der Waals surface area contributed by atoms with Gasteiger partial charge in [-0.05, 0) is 30.5 Å². The van der Waals surface area contributed by atoms with Gasteiger partial charge in [-0.25, -0.2) is 12.8 Å². The van der Waals surface area contributed by atoms with Gasteiger partial charge in [0.05, 0.1) is 17.5 Å². The Morgan fingerprint density at radius 3 is 2.62 bits per heavy atom. The molecule has 5 nitrogen and oxygen atoms in total. The van der Waals surface area contributed by atoms with Gasteiger partial charge in [0.15, 0.2) is 15.0 Å². The highest BCUT2D eigenvalue weighted by molar-refractivity contribution is 8.15. The molecule has 3 fully saturated rings. The van der Waals surface area contributed by atoms with Crippen molar-refractivity contribution in [3.63, 3.8) is 0 Å². The number of hydrogen-bond acceptors (Lipinski definition) is 4. The van der Waals surface area contributed by atoms with Gasteiger partial charge >= 0.3 is 0 Å². The van der Waals surface area contributed by atoms with E-state index in [0.29, 0.717) is 11.7 Å². The third-order valence-corrected chi connectivity index (χ3v) is 7.82. The third-order valence-electron chi connectivity index (χ3n) is 4.57. The number of carbonyl (C=O) groups excluding carboxylic acids is 1. The number of rotatable bonds is 3. The van der Waals surface area contributed by atoms with Gasteiger partial charge in [0.25, 0.3) is 5.91 Å². The number of sulfone groups is 1. The van der Waals surface area contributed by atoms with E-state index in [4.69, 9.17) is 0 Å². The fraction of sp³-hybridized carbons (Fsp3) is 0.500. The molecule has 0 aromatic heterocycles. The molecule has 0 N–H and O–H groups in total. The number of carbonyl (C=O) groups is 1. The molecule has 2 heterocycles. The van der Waals surface area contributed by atoms with Crippen molar-refractivity contribution in [3.8, 4) is 0 Å². The van der Waals surface area contributed by atoms with E-state index in [2.05, 4.69) is 4.99 Å². The van der Waals surface area contributed by atoms with Gasteiger partial charge < -0.3 is 4.90 Å². The van der Waals surface area contributed by atoms with Crippen molar-refractivity contribution in [1.82, 2.24) is 4.90 Å². The summed E-state index contributed by atoms with van der Waals surface area (Å²) in [6, 6.07) is 5.95. The average Bonchev–Trinajstić information content (AvgIpc) is 3.26. The molecule has 24 heavy (non-hydrogen) atoms. The fourth-order valence-corrected chi connectivity index (χ4v) is 7.08. The summed E-state index contributed by atoms with van der Waals surface area (Å²) in [5.74, 6) is -0.172. The van der Waals surface area contributed by atoms with Crippen LogP contribution in [0.15, 0.2) is 29.3 Å². The highest BCUT2D eigenvalue weighted by atomic mass is 32.2. The molecule has 1 aromatic rings. The van der Waals surface area contributed by atoms with Crippen LogP contribution in [0.3, 0.4) is 0 Å². The Kier molecular flexibility index (Phi) is 3.91. The molecule has 3 aliphatic rings. The van der Waals surface area contributed by atoms with Gasteiger partial charge in [0.2, 0.25) is 0 Å². The maximum Gasteiger partial charge on any atom is 0.251 e. The van der Waals surface area contributed by atoms with Crippen LogP contribution in [0, 0.1) is 11.7 Å². The zero-order valence-electron chi connectivity index (χ0n) is 12.9. The number of fused-ring (bicyclic) bond motifs is 1. The fourth-order valence-electron chi connectivity index (χ4n) is 3.12. The summed E-state index contributed by atoms with van der Waals surface area (Å²) in [6.07, 6.45) is 1.78. The summed E-state index contributed by atoms with van der Waals surface area (Å²) < 4.78 is 37.0. The Bertz CT molecular complexity index is 803. The maximum absolute atomic E-state index is 13.1. The summed E-state index contributed by atoms with van der Waals surface area (Å²) in [5.41, 5.74) is 0.869. The first-order valence-corrected chi connectivity index (χ1v) is 10.6. The Morgan fingerprint density at radius 2 is 1.96 bits per heavy atom. The highest BCUT2D eigenvalue weighted by Crippen LogP contribution is 2.40. The highest BCUT2D eigenvalue weighted by Gasteiger charge is 2.49. The quantitative estimate of drug-likeness (QED) is 0.814. The van der Waals surface area contributed by atoms with Gasteiger partial charge in [-0.15, -0.1) is 0 Å². The molecule has 1 aliphatic carbocycles. The van der Waals surface area contributed by atoms with E-state index in [1.807, 2.05) is 4.90 Å². The first-order chi connectivity index (χ1) is 11.4. The average molecular weight is 368 g/mol. The molecular formula is C16H17FN2O3S2. The minimum Gasteiger partial charge on any atom is -0.342 e. The van der Waals surface area contributed by atoms with Crippen molar-refractivity contribution >= 4 is 32.7 Å². The van der Waals surface area contributed by atoms with Gasteiger partial charge in [-0.2, -0.15) is 4.99 Å². The van der Waals surface area contributed by atoms with Crippen LogP contribution in [-0.4, -0.2) is 47.2 Å². The van der Waals surface area contributed by atoms with Crippen LogP contribution in [-0.2, 0) is 21.2 Å². The Labute approximate surface area is 144 Å². The molecular weight excluding hydrogens is 351 g/mol. The smallest absolute Gasteiger partial charge is 0.251 e. The van der Waals surface area contributed by atoms with Gasteiger partial charge in [-0.3, -0.25) is 4.79 Å². The lowest BCUT2D eigenvalue weighted by molar-refractivity contribution is -0.118. The summed E-state index contributed by atoms with van der Waals surface area (Å²) in [5, 5.41) is 0.530. The standard InChI is InChI=1S/C16H17FN2O3S2/c17-12-5-1-10(2-6-12)7-19-13-8-24(21,22)9-14(13)23-16(19)18-15(20)11-3-4-11/h1-2,5-6,11,13-14H,3-4,7-9H2/t13-,14+/m1/s1. The second-order valence-corrected chi connectivity index (χ2v) is 9.92. The van der Waals surface area contributed by atoms with Crippen molar-refractivity contribution in [2.75, 3.05) is 11.5 Å². The van der Waals surface area contributed by atoms with E-state index >= 15 is 0 Å². The molecule has 2 aliphatic heterocycles. The zero-order valence-corrected chi connectivity index (χ0v) is 14.5. The minimum atomic E-state index is -3.06. The molecule has 8 heteroatoms. The van der Waals surface area contributed by atoms with Crippen LogP contribution < -0.4 is 0 Å². The van der Waals surface area contributed by atoms with E-state index in [9.17, 15) is 17.6 Å². The number of amidine groups is 1. The number of amides is 1. The number of thioether (sulfide) groups is 1.